The average Bonchev–Trinajstić information content (AvgIpc) is 2.61. The maximum Gasteiger partial charge on any atom is 0.386 e. The Morgan fingerprint density at radius 2 is 1.08 bits per heavy atom. The molecule has 24 heavy (non-hydrogen) atoms. The van der Waals surface area contributed by atoms with Gasteiger partial charge in [-0.3, -0.25) is 0 Å². The van der Waals surface area contributed by atoms with E-state index in [1.54, 1.807) is 48.5 Å². The van der Waals surface area contributed by atoms with Crippen molar-refractivity contribution in [2.24, 2.45) is 0 Å². The molecule has 0 aromatic heterocycles. The van der Waals surface area contributed by atoms with Crippen LogP contribution in [0.4, 0.5) is 0 Å². The molecule has 0 N–H and O–H groups in total. The van der Waals surface area contributed by atoms with Gasteiger partial charge in [-0.1, -0.05) is 36.4 Å². The summed E-state index contributed by atoms with van der Waals surface area (Å²) in [6.45, 7) is 0.492. The molecule has 0 radical (unpaired) electrons. The molecule has 0 atom stereocenters. The molecular formula is C18H18O6. The fourth-order valence-corrected chi connectivity index (χ4v) is 2.17. The first kappa shape index (κ1) is 17.7. The minimum absolute atomic E-state index is 0.246. The van der Waals surface area contributed by atoms with E-state index < -0.39 is 11.9 Å². The Morgan fingerprint density at radius 3 is 1.46 bits per heavy atom. The van der Waals surface area contributed by atoms with Gasteiger partial charge >= 0.3 is 11.9 Å². The second kappa shape index (κ2) is 8.81. The molecule has 6 nitrogen and oxygen atoms in total. The van der Waals surface area contributed by atoms with Crippen LogP contribution in [0.2, 0.25) is 0 Å². The van der Waals surface area contributed by atoms with Crippen molar-refractivity contribution < 1.29 is 28.8 Å². The Kier molecular flexibility index (Phi) is 6.48. The van der Waals surface area contributed by atoms with Crippen LogP contribution in [0.1, 0.15) is 31.8 Å². The van der Waals surface area contributed by atoms with Crippen molar-refractivity contribution in [3.8, 4) is 0 Å². The molecule has 2 rings (SSSR count). The number of carbonyl (C=O) groups excluding carboxylic acids is 2. The van der Waals surface area contributed by atoms with Gasteiger partial charge in [-0.2, -0.15) is 0 Å². The predicted octanol–water partition coefficient (Wildman–Crippen LogP) is 2.91. The van der Waals surface area contributed by atoms with Crippen molar-refractivity contribution in [3.63, 3.8) is 0 Å². The van der Waals surface area contributed by atoms with E-state index in [1.807, 2.05) is 0 Å². The van der Waals surface area contributed by atoms with Crippen LogP contribution in [0.15, 0.2) is 48.5 Å². The summed E-state index contributed by atoms with van der Waals surface area (Å²) in [5.41, 5.74) is 1.83. The van der Waals surface area contributed by atoms with Crippen molar-refractivity contribution >= 4 is 11.9 Å². The first-order valence-electron chi connectivity index (χ1n) is 7.24. The molecule has 0 fully saturated rings. The van der Waals surface area contributed by atoms with Gasteiger partial charge in [-0.25, -0.2) is 19.4 Å². The standard InChI is InChI=1S/C18H18O6/c1-21-11-13-7-3-5-9-15(13)17(19)23-24-18(20)16-10-6-4-8-14(16)12-22-2/h3-10H,11-12H2,1-2H3. The van der Waals surface area contributed by atoms with Crippen LogP contribution in [0.3, 0.4) is 0 Å². The number of carbonyl (C=O) groups is 2. The van der Waals surface area contributed by atoms with Crippen LogP contribution >= 0.6 is 0 Å². The van der Waals surface area contributed by atoms with Gasteiger partial charge in [-0.05, 0) is 23.3 Å². The Labute approximate surface area is 139 Å². The monoisotopic (exact) mass is 330 g/mol. The van der Waals surface area contributed by atoms with Gasteiger partial charge < -0.3 is 9.47 Å². The molecule has 0 aliphatic rings. The summed E-state index contributed by atoms with van der Waals surface area (Å²) in [5, 5.41) is 0. The summed E-state index contributed by atoms with van der Waals surface area (Å²) in [5.74, 6) is -1.53. The number of ether oxygens (including phenoxy) is 2. The summed E-state index contributed by atoms with van der Waals surface area (Å²) in [7, 11) is 3.05. The molecule has 0 aliphatic heterocycles. The summed E-state index contributed by atoms with van der Waals surface area (Å²) >= 11 is 0. The summed E-state index contributed by atoms with van der Waals surface area (Å²) in [6, 6.07) is 13.5. The maximum atomic E-state index is 12.1. The molecule has 0 saturated carbocycles. The van der Waals surface area contributed by atoms with Gasteiger partial charge in [0.05, 0.1) is 24.3 Å². The third-order valence-electron chi connectivity index (χ3n) is 3.27. The lowest BCUT2D eigenvalue weighted by Gasteiger charge is -2.09. The first-order chi connectivity index (χ1) is 11.7. The van der Waals surface area contributed by atoms with E-state index in [4.69, 9.17) is 9.47 Å². The lowest BCUT2D eigenvalue weighted by Crippen LogP contribution is -2.15. The first-order valence-corrected chi connectivity index (χ1v) is 7.24. The van der Waals surface area contributed by atoms with Crippen LogP contribution < -0.4 is 0 Å². The van der Waals surface area contributed by atoms with E-state index in [-0.39, 0.29) is 24.3 Å². The molecule has 126 valence electrons. The number of benzene rings is 2. The third-order valence-corrected chi connectivity index (χ3v) is 3.27. The SMILES string of the molecule is COCc1ccccc1C(=O)OOC(=O)c1ccccc1COC. The normalized spacial score (nSPS) is 10.2. The summed E-state index contributed by atoms with van der Waals surface area (Å²) < 4.78 is 10.1. The van der Waals surface area contributed by atoms with Crippen LogP contribution in [-0.2, 0) is 32.5 Å². The highest BCUT2D eigenvalue weighted by molar-refractivity contribution is 5.93. The van der Waals surface area contributed by atoms with E-state index in [9.17, 15) is 9.59 Å². The predicted molar refractivity (Wildman–Crippen MR) is 85.1 cm³/mol. The highest BCUT2D eigenvalue weighted by Gasteiger charge is 2.18. The van der Waals surface area contributed by atoms with Gasteiger partial charge in [0, 0.05) is 14.2 Å². The molecule has 6 heteroatoms. The topological polar surface area (TPSA) is 71.1 Å². The molecule has 0 aliphatic carbocycles. The summed E-state index contributed by atoms with van der Waals surface area (Å²) in [6.07, 6.45) is 0. The van der Waals surface area contributed by atoms with Crippen LogP contribution in [0.5, 0.6) is 0 Å². The second-order valence-corrected chi connectivity index (χ2v) is 4.92. The largest absolute Gasteiger partial charge is 0.386 e. The van der Waals surface area contributed by atoms with Crippen molar-refractivity contribution in [2.75, 3.05) is 14.2 Å². The van der Waals surface area contributed by atoms with E-state index in [0.29, 0.717) is 11.1 Å². The minimum Gasteiger partial charge on any atom is -0.380 e. The van der Waals surface area contributed by atoms with E-state index in [2.05, 4.69) is 9.78 Å². The zero-order valence-electron chi connectivity index (χ0n) is 13.5. The minimum atomic E-state index is -0.764. The lowest BCUT2D eigenvalue weighted by atomic mass is 10.1. The van der Waals surface area contributed by atoms with Crippen molar-refractivity contribution in [2.45, 2.75) is 13.2 Å². The molecular weight excluding hydrogens is 312 g/mol. The van der Waals surface area contributed by atoms with Crippen LogP contribution in [0.25, 0.3) is 0 Å². The number of hydrogen-bond donors (Lipinski definition) is 0. The van der Waals surface area contributed by atoms with Crippen LogP contribution in [-0.4, -0.2) is 26.2 Å². The highest BCUT2D eigenvalue weighted by atomic mass is 17.2. The van der Waals surface area contributed by atoms with Crippen molar-refractivity contribution in [1.29, 1.82) is 0 Å². The van der Waals surface area contributed by atoms with E-state index >= 15 is 0 Å². The highest BCUT2D eigenvalue weighted by Crippen LogP contribution is 2.14. The number of methoxy groups -OCH3 is 2. The number of hydrogen-bond acceptors (Lipinski definition) is 6. The fraction of sp³-hybridized carbons (Fsp3) is 0.222. The Balaban J connectivity index is 2.06. The van der Waals surface area contributed by atoms with E-state index in [0.717, 1.165) is 0 Å². The molecule has 0 unspecified atom stereocenters. The van der Waals surface area contributed by atoms with Gasteiger partial charge in [0.25, 0.3) is 0 Å². The molecule has 0 amide bonds. The molecule has 0 spiro atoms. The Morgan fingerprint density at radius 1 is 0.708 bits per heavy atom. The smallest absolute Gasteiger partial charge is 0.380 e. The Hall–Kier alpha value is -2.70. The zero-order chi connectivity index (χ0) is 17.4. The zero-order valence-corrected chi connectivity index (χ0v) is 13.5. The van der Waals surface area contributed by atoms with E-state index in [1.165, 1.54) is 14.2 Å². The number of rotatable bonds is 6. The second-order valence-electron chi connectivity index (χ2n) is 4.92. The van der Waals surface area contributed by atoms with Gasteiger partial charge in [-0.15, -0.1) is 0 Å². The van der Waals surface area contributed by atoms with Crippen molar-refractivity contribution in [1.82, 2.24) is 0 Å². The quantitative estimate of drug-likeness (QED) is 0.599. The molecule has 0 bridgehead atoms. The average molecular weight is 330 g/mol. The molecule has 2 aromatic rings. The van der Waals surface area contributed by atoms with Gasteiger partial charge in [0.1, 0.15) is 0 Å². The fourth-order valence-electron chi connectivity index (χ4n) is 2.17. The van der Waals surface area contributed by atoms with Crippen molar-refractivity contribution in [3.05, 3.63) is 70.8 Å². The maximum absolute atomic E-state index is 12.1. The lowest BCUT2D eigenvalue weighted by molar-refractivity contribution is -0.187. The molecule has 0 heterocycles. The molecule has 2 aromatic carbocycles. The molecule has 0 saturated heterocycles. The third kappa shape index (κ3) is 4.41. The Bertz CT molecular complexity index is 649. The summed E-state index contributed by atoms with van der Waals surface area (Å²) in [4.78, 5) is 33.6. The van der Waals surface area contributed by atoms with Gasteiger partial charge in [0.2, 0.25) is 0 Å². The van der Waals surface area contributed by atoms with Crippen LogP contribution in [0, 0.1) is 0 Å². The van der Waals surface area contributed by atoms with Gasteiger partial charge in [0.15, 0.2) is 0 Å².